The Labute approximate surface area is 158 Å². The fourth-order valence-corrected chi connectivity index (χ4v) is 4.45. The van der Waals surface area contributed by atoms with Gasteiger partial charge in [-0.3, -0.25) is 10.1 Å². The maximum Gasteiger partial charge on any atom is 0.272 e. The molecular formula is C19H14ClFN2O2S. The summed E-state index contributed by atoms with van der Waals surface area (Å²) in [5.41, 5.74) is 2.27. The third-order valence-electron chi connectivity index (χ3n) is 4.60. The summed E-state index contributed by atoms with van der Waals surface area (Å²) in [6.07, 6.45) is 0.813. The van der Waals surface area contributed by atoms with Crippen molar-refractivity contribution in [2.24, 2.45) is 0 Å². The zero-order valence-corrected chi connectivity index (χ0v) is 15.1. The normalized spacial score (nSPS) is 16.4. The van der Waals surface area contributed by atoms with Gasteiger partial charge in [0.25, 0.3) is 5.69 Å². The minimum atomic E-state index is -0.587. The van der Waals surface area contributed by atoms with E-state index >= 15 is 0 Å². The average Bonchev–Trinajstić information content (AvgIpc) is 3.10. The lowest BCUT2D eigenvalue weighted by molar-refractivity contribution is -0.385. The number of rotatable bonds is 3. The molecule has 2 heterocycles. The van der Waals surface area contributed by atoms with Crippen molar-refractivity contribution < 1.29 is 9.31 Å². The predicted octanol–water partition coefficient (Wildman–Crippen LogP) is 5.60. The Balaban J connectivity index is 1.82. The average molecular weight is 389 g/mol. The van der Waals surface area contributed by atoms with Crippen LogP contribution in [0.25, 0.3) is 0 Å². The molecule has 132 valence electrons. The van der Waals surface area contributed by atoms with Gasteiger partial charge in [-0.2, -0.15) is 0 Å². The SMILES string of the molecule is O=[N+]([O-])c1ccc(N2CCc3sccc3C2c2ccc(Cl)cc2)c(F)c1. The lowest BCUT2D eigenvalue weighted by Crippen LogP contribution is -2.36. The standard InChI is InChI=1S/C19H14ClFN2O2S/c20-13-3-1-12(2-4-13)19-15-8-10-26-18(15)7-9-22(19)17-6-5-14(23(24)25)11-16(17)21/h1-6,8,10-11,19H,7,9H2. The number of anilines is 1. The molecule has 4 nitrogen and oxygen atoms in total. The summed E-state index contributed by atoms with van der Waals surface area (Å²) in [4.78, 5) is 13.6. The number of thiophene rings is 1. The van der Waals surface area contributed by atoms with Gasteiger partial charge in [0.2, 0.25) is 0 Å². The van der Waals surface area contributed by atoms with Gasteiger partial charge < -0.3 is 4.90 Å². The van der Waals surface area contributed by atoms with Crippen LogP contribution in [0, 0.1) is 15.9 Å². The van der Waals surface area contributed by atoms with E-state index in [1.165, 1.54) is 17.0 Å². The number of halogens is 2. The summed E-state index contributed by atoms with van der Waals surface area (Å²) >= 11 is 7.72. The van der Waals surface area contributed by atoms with E-state index in [9.17, 15) is 14.5 Å². The van der Waals surface area contributed by atoms with Crippen molar-refractivity contribution >= 4 is 34.3 Å². The van der Waals surface area contributed by atoms with Gasteiger partial charge in [0.1, 0.15) is 0 Å². The molecule has 1 atom stereocenters. The van der Waals surface area contributed by atoms with E-state index in [0.717, 1.165) is 23.6 Å². The topological polar surface area (TPSA) is 46.4 Å². The van der Waals surface area contributed by atoms with Gasteiger partial charge in [-0.1, -0.05) is 23.7 Å². The van der Waals surface area contributed by atoms with E-state index in [4.69, 9.17) is 11.6 Å². The summed E-state index contributed by atoms with van der Waals surface area (Å²) in [5, 5.41) is 13.6. The van der Waals surface area contributed by atoms with Gasteiger partial charge in [0.15, 0.2) is 5.82 Å². The number of non-ortho nitro benzene ring substituents is 1. The van der Waals surface area contributed by atoms with E-state index in [1.807, 2.05) is 34.5 Å². The maximum atomic E-state index is 14.7. The van der Waals surface area contributed by atoms with E-state index in [1.54, 1.807) is 11.3 Å². The van der Waals surface area contributed by atoms with Gasteiger partial charge in [-0.15, -0.1) is 11.3 Å². The Kier molecular flexibility index (Phi) is 4.38. The van der Waals surface area contributed by atoms with E-state index in [-0.39, 0.29) is 11.7 Å². The molecule has 0 bridgehead atoms. The molecule has 0 aliphatic carbocycles. The molecule has 1 aliphatic heterocycles. The van der Waals surface area contributed by atoms with E-state index < -0.39 is 10.7 Å². The zero-order chi connectivity index (χ0) is 18.3. The lowest BCUT2D eigenvalue weighted by Gasteiger charge is -2.38. The second-order valence-corrected chi connectivity index (χ2v) is 7.53. The number of fused-ring (bicyclic) bond motifs is 1. The highest BCUT2D eigenvalue weighted by atomic mass is 35.5. The third-order valence-corrected chi connectivity index (χ3v) is 5.85. The van der Waals surface area contributed by atoms with Crippen molar-refractivity contribution in [3.05, 3.63) is 90.9 Å². The van der Waals surface area contributed by atoms with Gasteiger partial charge in [-0.25, -0.2) is 4.39 Å². The van der Waals surface area contributed by atoms with Crippen molar-refractivity contribution in [3.8, 4) is 0 Å². The summed E-state index contributed by atoms with van der Waals surface area (Å²) in [6, 6.07) is 13.3. The van der Waals surface area contributed by atoms with Crippen LogP contribution in [0.2, 0.25) is 5.02 Å². The van der Waals surface area contributed by atoms with Crippen LogP contribution in [0.15, 0.2) is 53.9 Å². The lowest BCUT2D eigenvalue weighted by atomic mass is 9.92. The largest absolute Gasteiger partial charge is 0.358 e. The molecule has 7 heteroatoms. The Morgan fingerprint density at radius 2 is 1.96 bits per heavy atom. The molecule has 1 aliphatic rings. The third kappa shape index (κ3) is 2.95. The highest BCUT2D eigenvalue weighted by molar-refractivity contribution is 7.10. The number of benzene rings is 2. The summed E-state index contributed by atoms with van der Waals surface area (Å²) in [5.74, 6) is -0.586. The first kappa shape index (κ1) is 17.0. The number of nitro groups is 1. The molecule has 0 saturated carbocycles. The monoisotopic (exact) mass is 388 g/mol. The maximum absolute atomic E-state index is 14.7. The Hall–Kier alpha value is -2.44. The van der Waals surface area contributed by atoms with Gasteiger partial charge >= 0.3 is 0 Å². The van der Waals surface area contributed by atoms with Crippen LogP contribution in [-0.2, 0) is 6.42 Å². The van der Waals surface area contributed by atoms with Crippen LogP contribution >= 0.6 is 22.9 Å². The van der Waals surface area contributed by atoms with Crippen LogP contribution < -0.4 is 4.90 Å². The second-order valence-electron chi connectivity index (χ2n) is 6.09. The first-order chi connectivity index (χ1) is 12.5. The molecule has 0 amide bonds. The summed E-state index contributed by atoms with van der Waals surface area (Å²) in [6.45, 7) is 0.634. The van der Waals surface area contributed by atoms with Crippen LogP contribution in [0.1, 0.15) is 22.0 Å². The number of nitro benzene ring substituents is 1. The Morgan fingerprint density at radius 3 is 2.65 bits per heavy atom. The molecule has 0 radical (unpaired) electrons. The predicted molar refractivity (Wildman–Crippen MR) is 102 cm³/mol. The van der Waals surface area contributed by atoms with Crippen LogP contribution in [0.5, 0.6) is 0 Å². The fraction of sp³-hybridized carbons (Fsp3) is 0.158. The highest BCUT2D eigenvalue weighted by Crippen LogP contribution is 2.41. The second kappa shape index (κ2) is 6.70. The Morgan fingerprint density at radius 1 is 1.19 bits per heavy atom. The first-order valence-corrected chi connectivity index (χ1v) is 9.32. The van der Waals surface area contributed by atoms with Crippen molar-refractivity contribution in [3.63, 3.8) is 0 Å². The molecule has 0 spiro atoms. The summed E-state index contributed by atoms with van der Waals surface area (Å²) < 4.78 is 14.7. The first-order valence-electron chi connectivity index (χ1n) is 8.07. The van der Waals surface area contributed by atoms with Crippen LogP contribution in [0.4, 0.5) is 15.8 Å². The molecule has 1 aromatic heterocycles. The summed E-state index contributed by atoms with van der Waals surface area (Å²) in [7, 11) is 0. The molecule has 0 fully saturated rings. The molecule has 0 saturated heterocycles. The van der Waals surface area contributed by atoms with Gasteiger partial charge in [0.05, 0.1) is 22.7 Å². The molecule has 0 N–H and O–H groups in total. The van der Waals surface area contributed by atoms with Crippen LogP contribution in [0.3, 0.4) is 0 Å². The van der Waals surface area contributed by atoms with E-state index in [2.05, 4.69) is 6.07 Å². The number of hydrogen-bond donors (Lipinski definition) is 0. The molecule has 4 rings (SSSR count). The number of hydrogen-bond acceptors (Lipinski definition) is 4. The van der Waals surface area contributed by atoms with Gasteiger partial charge in [-0.05, 0) is 47.2 Å². The molecule has 2 aromatic carbocycles. The molecule has 26 heavy (non-hydrogen) atoms. The van der Waals surface area contributed by atoms with Crippen molar-refractivity contribution in [1.82, 2.24) is 0 Å². The minimum Gasteiger partial charge on any atom is -0.358 e. The van der Waals surface area contributed by atoms with Crippen molar-refractivity contribution in [2.75, 3.05) is 11.4 Å². The molecular weight excluding hydrogens is 375 g/mol. The number of nitrogens with zero attached hydrogens (tertiary/aromatic N) is 2. The van der Waals surface area contributed by atoms with Crippen molar-refractivity contribution in [2.45, 2.75) is 12.5 Å². The quantitative estimate of drug-likeness (QED) is 0.433. The smallest absolute Gasteiger partial charge is 0.272 e. The minimum absolute atomic E-state index is 0.154. The fourth-order valence-electron chi connectivity index (χ4n) is 3.42. The molecule has 1 unspecified atom stereocenters. The van der Waals surface area contributed by atoms with E-state index in [0.29, 0.717) is 17.3 Å². The van der Waals surface area contributed by atoms with Crippen LogP contribution in [-0.4, -0.2) is 11.5 Å². The highest BCUT2D eigenvalue weighted by Gasteiger charge is 2.31. The Bertz CT molecular complexity index is 974. The van der Waals surface area contributed by atoms with Crippen molar-refractivity contribution in [1.29, 1.82) is 0 Å². The molecule has 3 aromatic rings. The zero-order valence-electron chi connectivity index (χ0n) is 13.6. The van der Waals surface area contributed by atoms with Gasteiger partial charge in [0, 0.05) is 22.5 Å².